The van der Waals surface area contributed by atoms with Crippen LogP contribution in [0.5, 0.6) is 0 Å². The van der Waals surface area contributed by atoms with E-state index < -0.39 is 0 Å². The summed E-state index contributed by atoms with van der Waals surface area (Å²) >= 11 is 3.86. The van der Waals surface area contributed by atoms with Crippen molar-refractivity contribution < 1.29 is 40.5 Å². The van der Waals surface area contributed by atoms with Crippen molar-refractivity contribution in [1.29, 1.82) is 0 Å². The predicted octanol–water partition coefficient (Wildman–Crippen LogP) is -1.85. The second-order valence-electron chi connectivity index (χ2n) is 1.64. The van der Waals surface area contributed by atoms with Gasteiger partial charge in [0.25, 0.3) is 0 Å². The minimum absolute atomic E-state index is 0. The van der Waals surface area contributed by atoms with E-state index in [4.69, 9.17) is 0 Å². The molecule has 0 aromatic carbocycles. The topological polar surface area (TPSA) is 26.3 Å². The molecule has 0 amide bonds. The van der Waals surface area contributed by atoms with Gasteiger partial charge in [0.15, 0.2) is 0 Å². The van der Waals surface area contributed by atoms with E-state index in [-0.39, 0.29) is 37.0 Å². The van der Waals surface area contributed by atoms with Crippen LogP contribution in [0.1, 0.15) is 8.35 Å². The molecule has 0 saturated carbocycles. The van der Waals surface area contributed by atoms with Crippen LogP contribution in [-0.4, -0.2) is 18.3 Å². The number of hydrogen-bond acceptors (Lipinski definition) is 3. The van der Waals surface area contributed by atoms with Gasteiger partial charge in [0.05, 0.1) is 0 Å². The van der Waals surface area contributed by atoms with Crippen molar-refractivity contribution in [3.05, 3.63) is 12.2 Å². The van der Waals surface area contributed by atoms with Gasteiger partial charge in [-0.1, -0.05) is 6.58 Å². The monoisotopic (exact) mass is 170 g/mol. The van der Waals surface area contributed by atoms with Crippen LogP contribution >= 0.6 is 12.6 Å². The summed E-state index contributed by atoms with van der Waals surface area (Å²) < 4.78 is 4.64. The van der Waals surface area contributed by atoms with E-state index in [0.29, 0.717) is 17.9 Å². The third-order valence-corrected chi connectivity index (χ3v) is 0.855. The Balaban J connectivity index is -0.000000320. The second-order valence-corrected chi connectivity index (χ2v) is 2.09. The molecule has 0 aromatic rings. The first-order valence-corrected chi connectivity index (χ1v) is 3.25. The van der Waals surface area contributed by atoms with Crippen LogP contribution in [0.25, 0.3) is 0 Å². The summed E-state index contributed by atoms with van der Waals surface area (Å²) in [5, 5.41) is 0. The van der Waals surface area contributed by atoms with Crippen molar-refractivity contribution in [2.24, 2.45) is 0 Å². The summed E-state index contributed by atoms with van der Waals surface area (Å²) in [6, 6.07) is 0. The quantitative estimate of drug-likeness (QED) is 0.233. The minimum atomic E-state index is -0.343. The normalized spacial score (nSPS) is 7.80. The van der Waals surface area contributed by atoms with Gasteiger partial charge in [-0.15, -0.1) is 0 Å². The zero-order valence-corrected chi connectivity index (χ0v) is 9.28. The molecule has 0 bridgehead atoms. The molecule has 0 spiro atoms. The van der Waals surface area contributed by atoms with E-state index >= 15 is 0 Å². The Labute approximate surface area is 90.2 Å². The molecule has 0 radical (unpaired) electrons. The average Bonchev–Trinajstić information content (AvgIpc) is 1.82. The number of ether oxygens (including phenoxy) is 1. The van der Waals surface area contributed by atoms with Crippen LogP contribution in [0.3, 0.4) is 0 Å². The molecule has 0 fully saturated rings. The maximum absolute atomic E-state index is 10.5. The van der Waals surface area contributed by atoms with E-state index in [0.717, 1.165) is 0 Å². The molecule has 0 N–H and O–H groups in total. The van der Waals surface area contributed by atoms with Gasteiger partial charge in [-0.3, -0.25) is 0 Å². The fourth-order valence-corrected chi connectivity index (χ4v) is 0.353. The summed E-state index contributed by atoms with van der Waals surface area (Å²) in [5.74, 6) is 0.211. The number of esters is 1. The van der Waals surface area contributed by atoms with Crippen LogP contribution in [0, 0.1) is 0 Å². The molecule has 2 nitrogen and oxygen atoms in total. The van der Waals surface area contributed by atoms with E-state index in [2.05, 4.69) is 23.9 Å². The van der Waals surface area contributed by atoms with Crippen molar-refractivity contribution in [3.63, 3.8) is 0 Å². The molecule has 0 aliphatic heterocycles. The van der Waals surface area contributed by atoms with Gasteiger partial charge in [0, 0.05) is 11.3 Å². The fourth-order valence-electron chi connectivity index (χ4n) is 0.262. The van der Waals surface area contributed by atoms with E-state index in [1.807, 2.05) is 0 Å². The fraction of sp³-hybridized carbons (Fsp3) is 0.500. The smallest absolute Gasteiger partial charge is 1.00 e. The van der Waals surface area contributed by atoms with Crippen LogP contribution in [0.2, 0.25) is 0 Å². The Hall–Kier alpha value is 0.560. The molecule has 0 saturated heterocycles. The molecule has 0 heterocycles. The zero-order valence-electron chi connectivity index (χ0n) is 7.39. The van der Waals surface area contributed by atoms with E-state index in [1.54, 1.807) is 6.92 Å². The molecule has 54 valence electrons. The number of thiol groups is 1. The van der Waals surface area contributed by atoms with Gasteiger partial charge in [0.1, 0.15) is 6.61 Å². The van der Waals surface area contributed by atoms with Crippen molar-refractivity contribution in [1.82, 2.24) is 0 Å². The molecule has 0 aliphatic carbocycles. The molecule has 0 unspecified atom stereocenters. The molecular formula is C6H11NaO2S. The third-order valence-electron chi connectivity index (χ3n) is 0.673. The van der Waals surface area contributed by atoms with Crippen LogP contribution in [0.4, 0.5) is 0 Å². The standard InChI is InChI=1S/C6H10O2S.Na.H/c1-5(2)6(7)8-3-4-9;;/h9H,1,3-4H2,2H3;;/q;+1;-1. The Morgan fingerprint density at radius 1 is 1.80 bits per heavy atom. The maximum Gasteiger partial charge on any atom is 1.00 e. The largest absolute Gasteiger partial charge is 1.00 e. The molecule has 0 aliphatic rings. The predicted molar refractivity (Wildman–Crippen MR) is 40.7 cm³/mol. The SMILES string of the molecule is C=C(C)C(=O)OCCS.[H-].[Na+]. The van der Waals surface area contributed by atoms with Gasteiger partial charge in [-0.2, -0.15) is 12.6 Å². The van der Waals surface area contributed by atoms with Gasteiger partial charge in [-0.05, 0) is 6.92 Å². The first kappa shape index (κ1) is 13.2. The summed E-state index contributed by atoms with van der Waals surface area (Å²) in [6.45, 7) is 5.38. The zero-order chi connectivity index (χ0) is 7.28. The van der Waals surface area contributed by atoms with Gasteiger partial charge < -0.3 is 6.16 Å². The molecule has 0 aromatic heterocycles. The average molecular weight is 170 g/mol. The number of carbonyl (C=O) groups excluding carboxylic acids is 1. The van der Waals surface area contributed by atoms with Gasteiger partial charge in [-0.25, -0.2) is 4.79 Å². The van der Waals surface area contributed by atoms with Crippen molar-refractivity contribution >= 4 is 18.6 Å². The first-order valence-electron chi connectivity index (χ1n) is 2.62. The first-order chi connectivity index (χ1) is 4.18. The number of rotatable bonds is 3. The van der Waals surface area contributed by atoms with Crippen molar-refractivity contribution in [2.45, 2.75) is 6.92 Å². The van der Waals surface area contributed by atoms with Crippen molar-refractivity contribution in [3.8, 4) is 0 Å². The maximum atomic E-state index is 10.5. The third kappa shape index (κ3) is 6.68. The Morgan fingerprint density at radius 2 is 2.30 bits per heavy atom. The number of hydrogen-bond donors (Lipinski definition) is 1. The Bertz CT molecular complexity index is 130. The van der Waals surface area contributed by atoms with Crippen molar-refractivity contribution in [2.75, 3.05) is 12.4 Å². The Kier molecular flexibility index (Phi) is 10.1. The van der Waals surface area contributed by atoms with E-state index in [9.17, 15) is 4.79 Å². The second kappa shape index (κ2) is 7.66. The summed E-state index contributed by atoms with van der Waals surface area (Å²) in [6.07, 6.45) is 0. The molecule has 4 heteroatoms. The minimum Gasteiger partial charge on any atom is -1.00 e. The molecular weight excluding hydrogens is 159 g/mol. The summed E-state index contributed by atoms with van der Waals surface area (Å²) in [7, 11) is 0. The molecule has 0 atom stereocenters. The molecule has 0 rings (SSSR count). The Morgan fingerprint density at radius 3 is 2.60 bits per heavy atom. The summed E-state index contributed by atoms with van der Waals surface area (Å²) in [4.78, 5) is 10.5. The van der Waals surface area contributed by atoms with Crippen LogP contribution in [0.15, 0.2) is 12.2 Å². The van der Waals surface area contributed by atoms with Gasteiger partial charge >= 0.3 is 35.5 Å². The van der Waals surface area contributed by atoms with E-state index in [1.165, 1.54) is 0 Å². The molecule has 10 heavy (non-hydrogen) atoms. The van der Waals surface area contributed by atoms with Gasteiger partial charge in [0.2, 0.25) is 0 Å². The summed E-state index contributed by atoms with van der Waals surface area (Å²) in [5.41, 5.74) is 0.428. The number of carbonyl (C=O) groups is 1. The van der Waals surface area contributed by atoms with Crippen LogP contribution < -0.4 is 29.6 Å². The van der Waals surface area contributed by atoms with Crippen LogP contribution in [-0.2, 0) is 9.53 Å².